The molecule has 20 heavy (non-hydrogen) atoms. The third-order valence-corrected chi connectivity index (χ3v) is 2.38. The second-order valence-electron chi connectivity index (χ2n) is 3.71. The van der Waals surface area contributed by atoms with Crippen LogP contribution in [0.3, 0.4) is 0 Å². The summed E-state index contributed by atoms with van der Waals surface area (Å²) in [5, 5.41) is 23.0. The third kappa shape index (κ3) is 3.07. The lowest BCUT2D eigenvalue weighted by Gasteiger charge is -2.07. The summed E-state index contributed by atoms with van der Waals surface area (Å²) in [6, 6.07) is 6.21. The van der Waals surface area contributed by atoms with Crippen LogP contribution in [0.25, 0.3) is 0 Å². The van der Waals surface area contributed by atoms with Crippen molar-refractivity contribution in [1.82, 2.24) is 14.8 Å². The zero-order valence-corrected chi connectivity index (χ0v) is 10.2. The summed E-state index contributed by atoms with van der Waals surface area (Å²) in [6.45, 7) is 0.333. The highest BCUT2D eigenvalue weighted by Gasteiger charge is 2.13. The Bertz CT molecular complexity index is 639. The second-order valence-corrected chi connectivity index (χ2v) is 3.71. The van der Waals surface area contributed by atoms with E-state index in [9.17, 15) is 14.9 Å². The summed E-state index contributed by atoms with van der Waals surface area (Å²) >= 11 is 0. The largest absolute Gasteiger partial charge is 0.491 e. The Morgan fingerprint density at radius 3 is 2.85 bits per heavy atom. The Balaban J connectivity index is 1.96. The highest BCUT2D eigenvalue weighted by atomic mass is 16.6. The van der Waals surface area contributed by atoms with Crippen LogP contribution in [-0.4, -0.2) is 37.4 Å². The summed E-state index contributed by atoms with van der Waals surface area (Å²) in [4.78, 5) is 24.1. The number of carboxylic acids is 1. The number of para-hydroxylation sites is 1. The topological polar surface area (TPSA) is 120 Å². The summed E-state index contributed by atoms with van der Waals surface area (Å²) in [5.41, 5.74) is 0.0528. The van der Waals surface area contributed by atoms with Gasteiger partial charge in [0.25, 0.3) is 0 Å². The molecule has 0 fully saturated rings. The first-order chi connectivity index (χ1) is 9.58. The summed E-state index contributed by atoms with van der Waals surface area (Å²) < 4.78 is 6.58. The van der Waals surface area contributed by atoms with Crippen LogP contribution in [0.15, 0.2) is 30.6 Å². The molecule has 0 aliphatic heterocycles. The first-order valence-electron chi connectivity index (χ1n) is 5.57. The molecule has 0 spiro atoms. The Morgan fingerprint density at radius 1 is 1.45 bits per heavy atom. The molecule has 0 radical (unpaired) electrons. The van der Waals surface area contributed by atoms with E-state index in [1.54, 1.807) is 12.1 Å². The first-order valence-corrected chi connectivity index (χ1v) is 5.57. The number of ether oxygens (including phenoxy) is 1. The molecular formula is C11H10N4O5. The van der Waals surface area contributed by atoms with Crippen molar-refractivity contribution in [1.29, 1.82) is 0 Å². The van der Waals surface area contributed by atoms with E-state index >= 15 is 0 Å². The van der Waals surface area contributed by atoms with Crippen LogP contribution in [0.5, 0.6) is 5.75 Å². The van der Waals surface area contributed by atoms with Crippen molar-refractivity contribution in [3.63, 3.8) is 0 Å². The maximum atomic E-state index is 11.0. The SMILES string of the molecule is O=C(O)c1ccccc1OCCn1cnc([N+](=O)[O-])n1. The fourth-order valence-corrected chi connectivity index (χ4v) is 1.49. The van der Waals surface area contributed by atoms with E-state index in [0.717, 1.165) is 0 Å². The molecule has 0 saturated carbocycles. The molecule has 1 aromatic carbocycles. The van der Waals surface area contributed by atoms with Crippen LogP contribution in [0.2, 0.25) is 0 Å². The molecule has 0 bridgehead atoms. The predicted molar refractivity (Wildman–Crippen MR) is 65.6 cm³/mol. The van der Waals surface area contributed by atoms with E-state index in [2.05, 4.69) is 10.1 Å². The lowest BCUT2D eigenvalue weighted by atomic mass is 10.2. The van der Waals surface area contributed by atoms with Gasteiger partial charge in [0, 0.05) is 5.10 Å². The van der Waals surface area contributed by atoms with Crippen LogP contribution < -0.4 is 4.74 Å². The van der Waals surface area contributed by atoms with Crippen molar-refractivity contribution in [2.45, 2.75) is 6.54 Å². The number of benzene rings is 1. The molecule has 0 aliphatic carbocycles. The molecule has 2 rings (SSSR count). The molecule has 0 aliphatic rings. The quantitative estimate of drug-likeness (QED) is 0.617. The average molecular weight is 278 g/mol. The van der Waals surface area contributed by atoms with Gasteiger partial charge in [-0.1, -0.05) is 17.1 Å². The summed E-state index contributed by atoms with van der Waals surface area (Å²) in [5.74, 6) is -1.34. The monoisotopic (exact) mass is 278 g/mol. The molecule has 0 atom stereocenters. The van der Waals surface area contributed by atoms with Gasteiger partial charge in [0.2, 0.25) is 6.33 Å². The molecule has 1 aromatic heterocycles. The van der Waals surface area contributed by atoms with Crippen LogP contribution >= 0.6 is 0 Å². The van der Waals surface area contributed by atoms with Crippen LogP contribution in [0, 0.1) is 10.1 Å². The Morgan fingerprint density at radius 2 is 2.20 bits per heavy atom. The van der Waals surface area contributed by atoms with E-state index in [1.165, 1.54) is 23.1 Å². The molecule has 1 heterocycles. The number of rotatable bonds is 6. The Hall–Kier alpha value is -2.97. The number of nitrogens with zero attached hydrogens (tertiary/aromatic N) is 4. The molecule has 0 saturated heterocycles. The molecule has 9 heteroatoms. The number of aromatic nitrogens is 3. The van der Waals surface area contributed by atoms with Crippen LogP contribution in [-0.2, 0) is 6.54 Å². The van der Waals surface area contributed by atoms with Crippen LogP contribution in [0.4, 0.5) is 5.95 Å². The molecule has 1 N–H and O–H groups in total. The third-order valence-electron chi connectivity index (χ3n) is 2.38. The number of aromatic carboxylic acids is 1. The first kappa shape index (κ1) is 13.5. The normalized spacial score (nSPS) is 10.2. The average Bonchev–Trinajstić information content (AvgIpc) is 2.88. The highest BCUT2D eigenvalue weighted by Crippen LogP contribution is 2.17. The van der Waals surface area contributed by atoms with Gasteiger partial charge in [0.1, 0.15) is 17.9 Å². The molecule has 104 valence electrons. The van der Waals surface area contributed by atoms with Gasteiger partial charge in [-0.2, -0.15) is 4.68 Å². The van der Waals surface area contributed by atoms with E-state index in [-0.39, 0.29) is 24.5 Å². The van der Waals surface area contributed by atoms with Crippen molar-refractivity contribution in [3.05, 3.63) is 46.3 Å². The summed E-state index contributed by atoms with van der Waals surface area (Å²) in [6.07, 6.45) is 1.21. The maximum absolute atomic E-state index is 11.0. The number of carbonyl (C=O) groups is 1. The van der Waals surface area contributed by atoms with Gasteiger partial charge in [0.15, 0.2) is 0 Å². The minimum Gasteiger partial charge on any atom is -0.491 e. The lowest BCUT2D eigenvalue weighted by molar-refractivity contribution is -0.394. The molecule has 0 amide bonds. The van der Waals surface area contributed by atoms with Gasteiger partial charge in [-0.3, -0.25) is 0 Å². The van der Waals surface area contributed by atoms with Gasteiger partial charge in [-0.15, -0.1) is 0 Å². The fourth-order valence-electron chi connectivity index (χ4n) is 1.49. The highest BCUT2D eigenvalue weighted by molar-refractivity contribution is 5.90. The second kappa shape index (κ2) is 5.78. The standard InChI is InChI=1S/C11H10N4O5/c16-10(17)8-3-1-2-4-9(8)20-6-5-14-7-12-11(13-14)15(18)19/h1-4,7H,5-6H2,(H,16,17). The van der Waals surface area contributed by atoms with E-state index in [1.807, 2.05) is 0 Å². The fraction of sp³-hybridized carbons (Fsp3) is 0.182. The zero-order valence-electron chi connectivity index (χ0n) is 10.2. The van der Waals surface area contributed by atoms with Crippen molar-refractivity contribution >= 4 is 11.9 Å². The van der Waals surface area contributed by atoms with E-state index in [0.29, 0.717) is 0 Å². The van der Waals surface area contributed by atoms with Gasteiger partial charge in [-0.05, 0) is 17.1 Å². The summed E-state index contributed by atoms with van der Waals surface area (Å²) in [7, 11) is 0. The van der Waals surface area contributed by atoms with Crippen molar-refractivity contribution in [2.75, 3.05) is 6.61 Å². The number of carboxylic acid groups (broad SMARTS) is 1. The number of hydrogen-bond donors (Lipinski definition) is 1. The van der Waals surface area contributed by atoms with Gasteiger partial charge in [0.05, 0.1) is 6.54 Å². The van der Waals surface area contributed by atoms with Gasteiger partial charge in [-0.25, -0.2) is 4.79 Å². The molecule has 2 aromatic rings. The van der Waals surface area contributed by atoms with Crippen LogP contribution in [0.1, 0.15) is 10.4 Å². The van der Waals surface area contributed by atoms with Crippen molar-refractivity contribution in [2.24, 2.45) is 0 Å². The molecule has 0 unspecified atom stereocenters. The Labute approximate surface area is 112 Å². The molecular weight excluding hydrogens is 268 g/mol. The predicted octanol–water partition coefficient (Wildman–Crippen LogP) is 0.963. The lowest BCUT2D eigenvalue weighted by Crippen LogP contribution is -2.11. The maximum Gasteiger partial charge on any atom is 0.490 e. The van der Waals surface area contributed by atoms with Gasteiger partial charge >= 0.3 is 11.9 Å². The van der Waals surface area contributed by atoms with Crippen molar-refractivity contribution in [3.8, 4) is 5.75 Å². The smallest absolute Gasteiger partial charge is 0.490 e. The van der Waals surface area contributed by atoms with E-state index < -0.39 is 16.8 Å². The molecule has 9 nitrogen and oxygen atoms in total. The van der Waals surface area contributed by atoms with E-state index in [4.69, 9.17) is 9.84 Å². The number of nitro groups is 1. The minimum atomic E-state index is -1.09. The van der Waals surface area contributed by atoms with Crippen molar-refractivity contribution < 1.29 is 19.6 Å². The minimum absolute atomic E-state index is 0.0528. The zero-order chi connectivity index (χ0) is 14.5. The van der Waals surface area contributed by atoms with Gasteiger partial charge < -0.3 is 20.0 Å². The number of hydrogen-bond acceptors (Lipinski definition) is 6. The Kier molecular flexibility index (Phi) is 3.89.